The molecule has 0 aliphatic carbocycles. The molecule has 0 N–H and O–H groups in total. The molecule has 0 saturated heterocycles. The summed E-state index contributed by atoms with van der Waals surface area (Å²) < 4.78 is 5.39. The van der Waals surface area contributed by atoms with Crippen LogP contribution in [0.25, 0.3) is 34.0 Å². The van der Waals surface area contributed by atoms with Crippen molar-refractivity contribution in [3.05, 3.63) is 84.9 Å². The van der Waals surface area contributed by atoms with Crippen molar-refractivity contribution in [1.82, 2.24) is 10.1 Å². The van der Waals surface area contributed by atoms with Gasteiger partial charge in [0.15, 0.2) is 0 Å². The molecule has 0 unspecified atom stereocenters. The maximum Gasteiger partial charge on any atom is 0.258 e. The van der Waals surface area contributed by atoms with E-state index in [2.05, 4.69) is 34.4 Å². The Morgan fingerprint density at radius 1 is 0.522 bits per heavy atom. The summed E-state index contributed by atoms with van der Waals surface area (Å²) in [5.74, 6) is 1.14. The zero-order valence-corrected chi connectivity index (χ0v) is 12.4. The minimum Gasteiger partial charge on any atom is -0.334 e. The van der Waals surface area contributed by atoms with Gasteiger partial charge in [-0.15, -0.1) is 0 Å². The highest BCUT2D eigenvalue weighted by Crippen LogP contribution is 2.25. The molecule has 0 bridgehead atoms. The first-order valence-corrected chi connectivity index (χ1v) is 7.45. The molecule has 1 aromatic heterocycles. The number of hydrogen-bond acceptors (Lipinski definition) is 3. The van der Waals surface area contributed by atoms with Crippen LogP contribution in [0.15, 0.2) is 89.5 Å². The SMILES string of the molecule is c1ccc(-c2ccc(-c3nc(-c4ccccc4)no3)cc2)cc1. The monoisotopic (exact) mass is 298 g/mol. The molecule has 0 spiro atoms. The van der Waals surface area contributed by atoms with Gasteiger partial charge in [-0.25, -0.2) is 0 Å². The van der Waals surface area contributed by atoms with E-state index in [9.17, 15) is 0 Å². The summed E-state index contributed by atoms with van der Waals surface area (Å²) >= 11 is 0. The molecule has 0 fully saturated rings. The average Bonchev–Trinajstić information content (AvgIpc) is 3.14. The van der Waals surface area contributed by atoms with Gasteiger partial charge in [-0.2, -0.15) is 4.98 Å². The Bertz CT molecular complexity index is 897. The van der Waals surface area contributed by atoms with Crippen LogP contribution >= 0.6 is 0 Å². The number of aromatic nitrogens is 2. The van der Waals surface area contributed by atoms with Crippen LogP contribution in [0.1, 0.15) is 0 Å². The summed E-state index contributed by atoms with van der Waals surface area (Å²) in [6.45, 7) is 0. The average molecular weight is 298 g/mol. The molecular formula is C20H14N2O. The van der Waals surface area contributed by atoms with Crippen LogP contribution in [0.2, 0.25) is 0 Å². The van der Waals surface area contributed by atoms with Crippen LogP contribution in [0.3, 0.4) is 0 Å². The van der Waals surface area contributed by atoms with Gasteiger partial charge in [0, 0.05) is 11.1 Å². The smallest absolute Gasteiger partial charge is 0.258 e. The normalized spacial score (nSPS) is 10.6. The third-order valence-corrected chi connectivity index (χ3v) is 3.70. The third kappa shape index (κ3) is 2.77. The van der Waals surface area contributed by atoms with Crippen molar-refractivity contribution in [2.75, 3.05) is 0 Å². The maximum atomic E-state index is 5.39. The quantitative estimate of drug-likeness (QED) is 0.530. The predicted octanol–water partition coefficient (Wildman–Crippen LogP) is 5.07. The molecule has 110 valence electrons. The molecule has 23 heavy (non-hydrogen) atoms. The van der Waals surface area contributed by atoms with Crippen LogP contribution < -0.4 is 0 Å². The van der Waals surface area contributed by atoms with Gasteiger partial charge < -0.3 is 4.52 Å². The van der Waals surface area contributed by atoms with Crippen molar-refractivity contribution in [1.29, 1.82) is 0 Å². The lowest BCUT2D eigenvalue weighted by molar-refractivity contribution is 0.432. The van der Waals surface area contributed by atoms with E-state index in [1.54, 1.807) is 0 Å². The fourth-order valence-corrected chi connectivity index (χ4v) is 2.48. The van der Waals surface area contributed by atoms with Gasteiger partial charge in [-0.3, -0.25) is 0 Å². The highest BCUT2D eigenvalue weighted by molar-refractivity contribution is 5.67. The fraction of sp³-hybridized carbons (Fsp3) is 0. The van der Waals surface area contributed by atoms with E-state index in [4.69, 9.17) is 4.52 Å². The van der Waals surface area contributed by atoms with Crippen LogP contribution in [-0.2, 0) is 0 Å². The molecule has 0 radical (unpaired) electrons. The first-order valence-electron chi connectivity index (χ1n) is 7.45. The van der Waals surface area contributed by atoms with Gasteiger partial charge in [0.05, 0.1) is 0 Å². The maximum absolute atomic E-state index is 5.39. The van der Waals surface area contributed by atoms with Crippen LogP contribution in [0.5, 0.6) is 0 Å². The second-order valence-corrected chi connectivity index (χ2v) is 5.23. The van der Waals surface area contributed by atoms with Gasteiger partial charge >= 0.3 is 0 Å². The molecule has 0 atom stereocenters. The van der Waals surface area contributed by atoms with E-state index in [1.165, 1.54) is 5.56 Å². The molecule has 1 heterocycles. The molecule has 3 heteroatoms. The Labute approximate surface area is 134 Å². The van der Waals surface area contributed by atoms with Crippen molar-refractivity contribution in [3.8, 4) is 34.0 Å². The van der Waals surface area contributed by atoms with E-state index < -0.39 is 0 Å². The zero-order valence-electron chi connectivity index (χ0n) is 12.4. The van der Waals surface area contributed by atoms with E-state index in [0.29, 0.717) is 11.7 Å². The topological polar surface area (TPSA) is 38.9 Å². The summed E-state index contributed by atoms with van der Waals surface area (Å²) in [7, 11) is 0. The van der Waals surface area contributed by atoms with E-state index in [1.807, 2.05) is 60.7 Å². The number of benzene rings is 3. The zero-order chi connectivity index (χ0) is 15.5. The van der Waals surface area contributed by atoms with Crippen molar-refractivity contribution < 1.29 is 4.52 Å². The fourth-order valence-electron chi connectivity index (χ4n) is 2.48. The second-order valence-electron chi connectivity index (χ2n) is 5.23. The number of rotatable bonds is 3. The number of nitrogens with zero attached hydrogens (tertiary/aromatic N) is 2. The standard InChI is InChI=1S/C20H14N2O/c1-3-7-15(8-4-1)16-11-13-18(14-12-16)20-21-19(22-23-20)17-9-5-2-6-10-17/h1-14H. The molecule has 0 saturated carbocycles. The Hall–Kier alpha value is -3.20. The summed E-state index contributed by atoms with van der Waals surface area (Å²) in [4.78, 5) is 4.48. The summed E-state index contributed by atoms with van der Waals surface area (Å²) in [6, 6.07) is 28.2. The Balaban J connectivity index is 1.63. The highest BCUT2D eigenvalue weighted by Gasteiger charge is 2.10. The van der Waals surface area contributed by atoms with Crippen molar-refractivity contribution in [2.24, 2.45) is 0 Å². The molecule has 0 amide bonds. The lowest BCUT2D eigenvalue weighted by Crippen LogP contribution is -1.81. The minimum absolute atomic E-state index is 0.531. The van der Waals surface area contributed by atoms with Crippen molar-refractivity contribution in [3.63, 3.8) is 0 Å². The van der Waals surface area contributed by atoms with E-state index in [0.717, 1.165) is 16.7 Å². The first kappa shape index (κ1) is 13.5. The third-order valence-electron chi connectivity index (χ3n) is 3.70. The summed E-state index contributed by atoms with van der Waals surface area (Å²) in [5, 5.41) is 4.06. The van der Waals surface area contributed by atoms with Gasteiger partial charge in [-0.05, 0) is 23.3 Å². The van der Waals surface area contributed by atoms with Crippen LogP contribution in [-0.4, -0.2) is 10.1 Å². The molecule has 4 rings (SSSR count). The van der Waals surface area contributed by atoms with Gasteiger partial charge in [-0.1, -0.05) is 78.0 Å². The van der Waals surface area contributed by atoms with E-state index >= 15 is 0 Å². The molecule has 4 aromatic rings. The molecular weight excluding hydrogens is 284 g/mol. The van der Waals surface area contributed by atoms with Crippen molar-refractivity contribution in [2.45, 2.75) is 0 Å². The van der Waals surface area contributed by atoms with Crippen LogP contribution in [0.4, 0.5) is 0 Å². The first-order chi connectivity index (χ1) is 11.4. The second kappa shape index (κ2) is 5.89. The molecule has 0 aliphatic heterocycles. The summed E-state index contributed by atoms with van der Waals surface area (Å²) in [5.41, 5.74) is 4.22. The predicted molar refractivity (Wildman–Crippen MR) is 90.6 cm³/mol. The van der Waals surface area contributed by atoms with E-state index in [-0.39, 0.29) is 0 Å². The summed E-state index contributed by atoms with van der Waals surface area (Å²) in [6.07, 6.45) is 0. The molecule has 3 aromatic carbocycles. The largest absolute Gasteiger partial charge is 0.334 e. The van der Waals surface area contributed by atoms with Gasteiger partial charge in [0.2, 0.25) is 5.82 Å². The molecule has 3 nitrogen and oxygen atoms in total. The van der Waals surface area contributed by atoms with Gasteiger partial charge in [0.25, 0.3) is 5.89 Å². The lowest BCUT2D eigenvalue weighted by Gasteiger charge is -2.01. The van der Waals surface area contributed by atoms with Gasteiger partial charge in [0.1, 0.15) is 0 Å². The van der Waals surface area contributed by atoms with Crippen LogP contribution in [0, 0.1) is 0 Å². The lowest BCUT2D eigenvalue weighted by atomic mass is 10.0. The van der Waals surface area contributed by atoms with Crippen molar-refractivity contribution >= 4 is 0 Å². The molecule has 0 aliphatic rings. The minimum atomic E-state index is 0.531. The number of hydrogen-bond donors (Lipinski definition) is 0. The Morgan fingerprint density at radius 3 is 1.70 bits per heavy atom. The Kier molecular flexibility index (Phi) is 3.45. The highest BCUT2D eigenvalue weighted by atomic mass is 16.5. The Morgan fingerprint density at radius 2 is 1.04 bits per heavy atom.